The molecule has 2 aromatic rings. The summed E-state index contributed by atoms with van der Waals surface area (Å²) in [6, 6.07) is 15.4. The summed E-state index contributed by atoms with van der Waals surface area (Å²) in [5.74, 6) is 0.783. The van der Waals surface area contributed by atoms with Crippen LogP contribution >= 0.6 is 0 Å². The van der Waals surface area contributed by atoms with Crippen molar-refractivity contribution in [1.82, 2.24) is 0 Å². The maximum Gasteiger partial charge on any atom is 0.318 e. The third kappa shape index (κ3) is 3.45. The molecule has 2 heterocycles. The Labute approximate surface area is 153 Å². The minimum atomic E-state index is -0.446. The van der Waals surface area contributed by atoms with E-state index in [2.05, 4.69) is 0 Å². The molecule has 0 aromatic heterocycles. The lowest BCUT2D eigenvalue weighted by Crippen LogP contribution is -3.15. The van der Waals surface area contributed by atoms with Crippen LogP contribution in [-0.2, 0) is 14.3 Å². The number of hydrogen-bond acceptors (Lipinski definition) is 4. The van der Waals surface area contributed by atoms with Gasteiger partial charge in [0.1, 0.15) is 43.2 Å². The van der Waals surface area contributed by atoms with Crippen LogP contribution in [0.25, 0.3) is 0 Å². The smallest absolute Gasteiger partial charge is 0.318 e. The maximum absolute atomic E-state index is 13.1. The van der Waals surface area contributed by atoms with Gasteiger partial charge in [0.05, 0.1) is 13.2 Å². The van der Waals surface area contributed by atoms with Gasteiger partial charge in [0.2, 0.25) is 0 Å². The number of esters is 1. The molecule has 5 heteroatoms. The number of quaternary nitrogens is 1. The van der Waals surface area contributed by atoms with Crippen LogP contribution in [0.15, 0.2) is 48.5 Å². The summed E-state index contributed by atoms with van der Waals surface area (Å²) in [4.78, 5) is 14.5. The van der Waals surface area contributed by atoms with Crippen LogP contribution in [0.5, 0.6) is 11.5 Å². The standard InChI is InChI=1S/C21H23NO4/c1-15(14-22-10-12-24-13-11-22)25-21(23)20-16-6-2-4-8-18(16)26-19-9-5-3-7-17(19)20/h2-9,15,20H,10-14H2,1H3/p+1/t15-/m1/s1. The van der Waals surface area contributed by atoms with Gasteiger partial charge in [0.25, 0.3) is 0 Å². The molecule has 0 spiro atoms. The summed E-state index contributed by atoms with van der Waals surface area (Å²) in [7, 11) is 0. The first-order valence-corrected chi connectivity index (χ1v) is 9.20. The largest absolute Gasteiger partial charge is 0.457 e. The van der Waals surface area contributed by atoms with Crippen LogP contribution in [0.4, 0.5) is 0 Å². The molecule has 0 bridgehead atoms. The van der Waals surface area contributed by atoms with Gasteiger partial charge in [-0.05, 0) is 19.1 Å². The normalized spacial score (nSPS) is 18.3. The van der Waals surface area contributed by atoms with Crippen LogP contribution in [0.1, 0.15) is 24.0 Å². The fourth-order valence-corrected chi connectivity index (χ4v) is 3.74. The Bertz CT molecular complexity index is 740. The van der Waals surface area contributed by atoms with E-state index in [0.29, 0.717) is 0 Å². The number of ether oxygens (including phenoxy) is 3. The summed E-state index contributed by atoms with van der Waals surface area (Å²) in [5, 5.41) is 0. The second kappa shape index (κ2) is 7.48. The van der Waals surface area contributed by atoms with Crippen molar-refractivity contribution in [3.63, 3.8) is 0 Å². The average Bonchev–Trinajstić information content (AvgIpc) is 2.66. The minimum absolute atomic E-state index is 0.141. The number of rotatable bonds is 4. The predicted molar refractivity (Wildman–Crippen MR) is 96.7 cm³/mol. The predicted octanol–water partition coefficient (Wildman–Crippen LogP) is 1.77. The molecule has 0 radical (unpaired) electrons. The lowest BCUT2D eigenvalue weighted by Gasteiger charge is -2.29. The van der Waals surface area contributed by atoms with Crippen molar-refractivity contribution in [2.45, 2.75) is 18.9 Å². The van der Waals surface area contributed by atoms with Crippen molar-refractivity contribution in [1.29, 1.82) is 0 Å². The van der Waals surface area contributed by atoms with E-state index in [1.54, 1.807) is 0 Å². The van der Waals surface area contributed by atoms with Gasteiger partial charge < -0.3 is 19.1 Å². The molecule has 1 N–H and O–H groups in total. The number of benzene rings is 2. The number of nitrogens with one attached hydrogen (secondary N) is 1. The zero-order valence-corrected chi connectivity index (χ0v) is 14.9. The fraction of sp³-hybridized carbons (Fsp3) is 0.381. The van der Waals surface area contributed by atoms with Gasteiger partial charge in [-0.1, -0.05) is 36.4 Å². The number of morpholine rings is 1. The highest BCUT2D eigenvalue weighted by molar-refractivity contribution is 5.85. The number of carbonyl (C=O) groups is 1. The summed E-state index contributed by atoms with van der Waals surface area (Å²) in [5.41, 5.74) is 1.73. The zero-order chi connectivity index (χ0) is 17.9. The Morgan fingerprint density at radius 1 is 1.08 bits per heavy atom. The molecule has 0 aliphatic carbocycles. The van der Waals surface area contributed by atoms with Crippen LogP contribution in [0.3, 0.4) is 0 Å². The Balaban J connectivity index is 1.53. The molecule has 1 fully saturated rings. The SMILES string of the molecule is C[C@H](C[NH+]1CCOCC1)OC(=O)C1c2ccccc2Oc2ccccc21. The summed E-state index contributed by atoms with van der Waals surface area (Å²) in [6.07, 6.45) is -0.141. The zero-order valence-electron chi connectivity index (χ0n) is 14.9. The molecule has 2 aliphatic rings. The van der Waals surface area contributed by atoms with Gasteiger partial charge >= 0.3 is 5.97 Å². The Kier molecular flexibility index (Phi) is 4.91. The Morgan fingerprint density at radius 2 is 1.65 bits per heavy atom. The molecule has 0 saturated carbocycles. The molecule has 4 rings (SSSR count). The number of fused-ring (bicyclic) bond motifs is 2. The minimum Gasteiger partial charge on any atom is -0.457 e. The van der Waals surface area contributed by atoms with E-state index in [1.807, 2.05) is 55.5 Å². The van der Waals surface area contributed by atoms with Crippen LogP contribution in [-0.4, -0.2) is 44.9 Å². The van der Waals surface area contributed by atoms with Crippen molar-refractivity contribution >= 4 is 5.97 Å². The molecular formula is C21H24NO4+. The van der Waals surface area contributed by atoms with E-state index in [4.69, 9.17) is 14.2 Å². The van der Waals surface area contributed by atoms with Gasteiger partial charge in [-0.15, -0.1) is 0 Å². The lowest BCUT2D eigenvalue weighted by molar-refractivity contribution is -0.910. The van der Waals surface area contributed by atoms with Crippen molar-refractivity contribution < 1.29 is 23.9 Å². The molecule has 1 atom stereocenters. The molecule has 0 amide bonds. The van der Waals surface area contributed by atoms with Crippen molar-refractivity contribution in [3.05, 3.63) is 59.7 Å². The second-order valence-electron chi connectivity index (χ2n) is 6.92. The van der Waals surface area contributed by atoms with E-state index in [9.17, 15) is 4.79 Å². The van der Waals surface area contributed by atoms with E-state index in [-0.39, 0.29) is 12.1 Å². The highest BCUT2D eigenvalue weighted by atomic mass is 16.5. The highest BCUT2D eigenvalue weighted by Gasteiger charge is 2.34. The highest BCUT2D eigenvalue weighted by Crippen LogP contribution is 2.44. The van der Waals surface area contributed by atoms with Crippen molar-refractivity contribution in [2.24, 2.45) is 0 Å². The average molecular weight is 354 g/mol. The second-order valence-corrected chi connectivity index (χ2v) is 6.92. The van der Waals surface area contributed by atoms with E-state index in [1.165, 1.54) is 4.90 Å². The third-order valence-corrected chi connectivity index (χ3v) is 5.01. The van der Waals surface area contributed by atoms with E-state index >= 15 is 0 Å². The van der Waals surface area contributed by atoms with E-state index < -0.39 is 5.92 Å². The van der Waals surface area contributed by atoms with Gasteiger partial charge in [0.15, 0.2) is 0 Å². The summed E-state index contributed by atoms with van der Waals surface area (Å²) < 4.78 is 17.2. The molecule has 2 aromatic carbocycles. The number of carbonyl (C=O) groups excluding carboxylic acids is 1. The fourth-order valence-electron chi connectivity index (χ4n) is 3.74. The lowest BCUT2D eigenvalue weighted by atomic mass is 9.88. The van der Waals surface area contributed by atoms with Crippen LogP contribution < -0.4 is 9.64 Å². The topological polar surface area (TPSA) is 49.2 Å². The molecule has 136 valence electrons. The first-order chi connectivity index (χ1) is 12.7. The quantitative estimate of drug-likeness (QED) is 0.851. The van der Waals surface area contributed by atoms with Gasteiger partial charge in [-0.25, -0.2) is 0 Å². The number of para-hydroxylation sites is 2. The maximum atomic E-state index is 13.1. The van der Waals surface area contributed by atoms with Crippen molar-refractivity contribution in [3.8, 4) is 11.5 Å². The Morgan fingerprint density at radius 3 is 2.27 bits per heavy atom. The first-order valence-electron chi connectivity index (χ1n) is 9.20. The monoisotopic (exact) mass is 354 g/mol. The van der Waals surface area contributed by atoms with Gasteiger partial charge in [-0.3, -0.25) is 4.79 Å². The van der Waals surface area contributed by atoms with Crippen LogP contribution in [0, 0.1) is 0 Å². The molecule has 0 unspecified atom stereocenters. The van der Waals surface area contributed by atoms with Crippen LogP contribution in [0.2, 0.25) is 0 Å². The molecule has 1 saturated heterocycles. The molecular weight excluding hydrogens is 330 g/mol. The Hall–Kier alpha value is -2.37. The van der Waals surface area contributed by atoms with Gasteiger partial charge in [-0.2, -0.15) is 0 Å². The number of hydrogen-bond donors (Lipinski definition) is 1. The third-order valence-electron chi connectivity index (χ3n) is 5.01. The summed E-state index contributed by atoms with van der Waals surface area (Å²) >= 11 is 0. The molecule has 2 aliphatic heterocycles. The summed E-state index contributed by atoms with van der Waals surface area (Å²) in [6.45, 7) is 6.25. The molecule has 26 heavy (non-hydrogen) atoms. The van der Waals surface area contributed by atoms with Crippen molar-refractivity contribution in [2.75, 3.05) is 32.8 Å². The van der Waals surface area contributed by atoms with E-state index in [0.717, 1.165) is 55.5 Å². The molecule has 5 nitrogen and oxygen atoms in total. The van der Waals surface area contributed by atoms with Gasteiger partial charge in [0, 0.05) is 11.1 Å². The first kappa shape index (κ1) is 17.1.